The quantitative estimate of drug-likeness (QED) is 0.754. The Morgan fingerprint density at radius 3 is 2.57 bits per heavy atom. The van der Waals surface area contributed by atoms with E-state index >= 15 is 0 Å². The molecule has 3 fully saturated rings. The predicted octanol–water partition coefficient (Wildman–Crippen LogP) is 1.03. The second kappa shape index (κ2) is 5.78. The van der Waals surface area contributed by atoms with Crippen molar-refractivity contribution < 1.29 is 19.5 Å². The number of imide groups is 1. The summed E-state index contributed by atoms with van der Waals surface area (Å²) >= 11 is 0. The number of aliphatic carboxylic acids is 1. The van der Waals surface area contributed by atoms with Crippen LogP contribution in [0.4, 0.5) is 4.79 Å². The Kier molecular flexibility index (Phi) is 4.08. The van der Waals surface area contributed by atoms with Crippen LogP contribution in [-0.2, 0) is 9.59 Å². The molecule has 0 aromatic heterocycles. The summed E-state index contributed by atoms with van der Waals surface area (Å²) in [6, 6.07) is -0.596. The average Bonchev–Trinajstić information content (AvgIpc) is 2.94. The molecule has 7 heteroatoms. The lowest BCUT2D eigenvalue weighted by Crippen LogP contribution is -2.47. The maximum atomic E-state index is 12.2. The minimum absolute atomic E-state index is 0.242. The highest BCUT2D eigenvalue weighted by molar-refractivity contribution is 6.06. The van der Waals surface area contributed by atoms with E-state index in [0.717, 1.165) is 19.3 Å². The van der Waals surface area contributed by atoms with E-state index in [9.17, 15) is 19.5 Å². The molecule has 2 heterocycles. The van der Waals surface area contributed by atoms with Gasteiger partial charge in [-0.2, -0.15) is 0 Å². The van der Waals surface area contributed by atoms with Crippen molar-refractivity contribution in [3.8, 4) is 0 Å². The Labute approximate surface area is 136 Å². The summed E-state index contributed by atoms with van der Waals surface area (Å²) in [4.78, 5) is 39.0. The van der Waals surface area contributed by atoms with Gasteiger partial charge in [-0.25, -0.2) is 4.79 Å². The fraction of sp³-hybridized carbons (Fsp3) is 0.812. The van der Waals surface area contributed by atoms with Crippen LogP contribution in [0.5, 0.6) is 0 Å². The summed E-state index contributed by atoms with van der Waals surface area (Å²) in [6.07, 6.45) is 5.08. The Morgan fingerprint density at radius 2 is 1.96 bits per heavy atom. The summed E-state index contributed by atoms with van der Waals surface area (Å²) < 4.78 is 0. The van der Waals surface area contributed by atoms with Gasteiger partial charge in [-0.3, -0.25) is 19.4 Å². The van der Waals surface area contributed by atoms with E-state index in [2.05, 4.69) is 5.32 Å². The van der Waals surface area contributed by atoms with Gasteiger partial charge in [-0.15, -0.1) is 0 Å². The fourth-order valence-electron chi connectivity index (χ4n) is 4.35. The number of carboxylic acids is 1. The molecule has 23 heavy (non-hydrogen) atoms. The van der Waals surface area contributed by atoms with Crippen molar-refractivity contribution in [2.45, 2.75) is 63.6 Å². The zero-order chi connectivity index (χ0) is 16.8. The molecule has 1 aliphatic carbocycles. The lowest BCUT2D eigenvalue weighted by molar-refractivity contribution is -0.142. The molecular formula is C16H25N3O4. The molecule has 0 radical (unpaired) electrons. The van der Waals surface area contributed by atoms with Crippen LogP contribution in [0.25, 0.3) is 0 Å². The van der Waals surface area contributed by atoms with Crippen LogP contribution < -0.4 is 5.32 Å². The van der Waals surface area contributed by atoms with Crippen LogP contribution in [0.2, 0.25) is 0 Å². The highest BCUT2D eigenvalue weighted by Gasteiger charge is 2.47. The van der Waals surface area contributed by atoms with E-state index in [1.807, 2.05) is 4.90 Å². The van der Waals surface area contributed by atoms with Crippen LogP contribution in [0.15, 0.2) is 0 Å². The summed E-state index contributed by atoms with van der Waals surface area (Å²) in [5.74, 6) is -0.602. The normalized spacial score (nSPS) is 33.7. The molecule has 0 bridgehead atoms. The molecule has 2 N–H and O–H groups in total. The number of hydrogen-bond acceptors (Lipinski definition) is 4. The Hall–Kier alpha value is -1.63. The van der Waals surface area contributed by atoms with Gasteiger partial charge >= 0.3 is 12.0 Å². The maximum absolute atomic E-state index is 12.2. The molecular weight excluding hydrogens is 298 g/mol. The van der Waals surface area contributed by atoms with Gasteiger partial charge in [0.25, 0.3) is 5.91 Å². The van der Waals surface area contributed by atoms with E-state index in [4.69, 9.17) is 0 Å². The van der Waals surface area contributed by atoms with Crippen molar-refractivity contribution in [2.24, 2.45) is 5.92 Å². The smallest absolute Gasteiger partial charge is 0.325 e. The van der Waals surface area contributed by atoms with E-state index in [0.29, 0.717) is 18.9 Å². The van der Waals surface area contributed by atoms with E-state index < -0.39 is 17.6 Å². The number of nitrogens with one attached hydrogen (secondary N) is 1. The molecule has 0 aromatic carbocycles. The van der Waals surface area contributed by atoms with Crippen LogP contribution in [0.1, 0.15) is 46.0 Å². The minimum Gasteiger partial charge on any atom is -0.480 e. The number of carbonyl (C=O) groups is 3. The summed E-state index contributed by atoms with van der Waals surface area (Å²) in [5.41, 5.74) is -0.873. The lowest BCUT2D eigenvalue weighted by Gasteiger charge is -2.33. The lowest BCUT2D eigenvalue weighted by atomic mass is 9.85. The highest BCUT2D eigenvalue weighted by atomic mass is 16.4. The van der Waals surface area contributed by atoms with Gasteiger partial charge in [0.2, 0.25) is 0 Å². The van der Waals surface area contributed by atoms with Crippen molar-refractivity contribution in [3.05, 3.63) is 0 Å². The second-order valence-electron chi connectivity index (χ2n) is 7.45. The number of nitrogens with zero attached hydrogens (tertiary/aromatic N) is 2. The van der Waals surface area contributed by atoms with Crippen LogP contribution >= 0.6 is 0 Å². The Balaban J connectivity index is 1.69. The third-order valence-corrected chi connectivity index (χ3v) is 5.53. The molecule has 0 spiro atoms. The average molecular weight is 323 g/mol. The summed E-state index contributed by atoms with van der Waals surface area (Å²) in [7, 11) is 0. The molecule has 2 saturated heterocycles. The molecule has 3 aliphatic rings. The predicted molar refractivity (Wildman–Crippen MR) is 82.8 cm³/mol. The molecule has 0 aromatic rings. The number of hydrogen-bond donors (Lipinski definition) is 2. The number of carbonyl (C=O) groups excluding carboxylic acids is 2. The Morgan fingerprint density at radius 1 is 1.26 bits per heavy atom. The topological polar surface area (TPSA) is 90.0 Å². The first-order valence-electron chi connectivity index (χ1n) is 8.44. The van der Waals surface area contributed by atoms with E-state index in [-0.39, 0.29) is 24.5 Å². The molecule has 1 saturated carbocycles. The fourth-order valence-corrected chi connectivity index (χ4v) is 4.35. The zero-order valence-corrected chi connectivity index (χ0v) is 13.7. The van der Waals surface area contributed by atoms with Gasteiger partial charge in [0.05, 0.1) is 0 Å². The molecule has 3 atom stereocenters. The largest absolute Gasteiger partial charge is 0.480 e. The summed E-state index contributed by atoms with van der Waals surface area (Å²) in [6.45, 7) is 4.05. The number of carboxylic acid groups (broad SMARTS) is 1. The van der Waals surface area contributed by atoms with Gasteiger partial charge in [0.1, 0.15) is 11.6 Å². The van der Waals surface area contributed by atoms with E-state index in [1.165, 1.54) is 11.3 Å². The Bertz CT molecular complexity index is 533. The van der Waals surface area contributed by atoms with Crippen LogP contribution in [-0.4, -0.2) is 63.5 Å². The zero-order valence-electron chi connectivity index (χ0n) is 13.7. The van der Waals surface area contributed by atoms with Crippen molar-refractivity contribution in [1.29, 1.82) is 0 Å². The molecule has 3 amide bonds. The molecule has 7 nitrogen and oxygen atoms in total. The summed E-state index contributed by atoms with van der Waals surface area (Å²) in [5, 5.41) is 12.2. The van der Waals surface area contributed by atoms with Crippen molar-refractivity contribution in [3.63, 3.8) is 0 Å². The molecule has 3 rings (SSSR count). The number of amides is 3. The maximum Gasteiger partial charge on any atom is 0.325 e. The number of likely N-dealkylation sites (tertiary alicyclic amines) is 1. The molecule has 0 unspecified atom stereocenters. The van der Waals surface area contributed by atoms with E-state index in [1.54, 1.807) is 13.8 Å². The number of urea groups is 1. The monoisotopic (exact) mass is 323 g/mol. The second-order valence-corrected chi connectivity index (χ2v) is 7.45. The van der Waals surface area contributed by atoms with Gasteiger partial charge in [0, 0.05) is 19.1 Å². The van der Waals surface area contributed by atoms with Crippen LogP contribution in [0.3, 0.4) is 0 Å². The third kappa shape index (κ3) is 2.82. The first-order chi connectivity index (χ1) is 10.8. The van der Waals surface area contributed by atoms with Crippen molar-refractivity contribution >= 4 is 17.9 Å². The van der Waals surface area contributed by atoms with Crippen LogP contribution in [0, 0.1) is 5.92 Å². The first-order valence-corrected chi connectivity index (χ1v) is 8.44. The molecule has 2 aliphatic heterocycles. The minimum atomic E-state index is -0.873. The number of fused-ring (bicyclic) bond motifs is 1. The first kappa shape index (κ1) is 16.2. The van der Waals surface area contributed by atoms with Gasteiger partial charge in [0.15, 0.2) is 0 Å². The van der Waals surface area contributed by atoms with Crippen molar-refractivity contribution in [2.75, 3.05) is 13.1 Å². The number of rotatable bonds is 4. The SMILES string of the molecule is CC1(C)NC(=O)N(CCN2[C@H](C(=O)O)C[C@H]3CCCC[C@@H]32)C1=O. The highest BCUT2D eigenvalue weighted by Crippen LogP contribution is 2.39. The van der Waals surface area contributed by atoms with Crippen molar-refractivity contribution in [1.82, 2.24) is 15.1 Å². The van der Waals surface area contributed by atoms with Gasteiger partial charge in [-0.05, 0) is 39.0 Å². The third-order valence-electron chi connectivity index (χ3n) is 5.53. The van der Waals surface area contributed by atoms with Gasteiger partial charge in [-0.1, -0.05) is 12.8 Å². The van der Waals surface area contributed by atoms with Gasteiger partial charge < -0.3 is 10.4 Å². The standard InChI is InChI=1S/C16H25N3O4/c1-16(2)14(22)19(15(23)17-16)8-7-18-11-6-4-3-5-10(11)9-12(18)13(20)21/h10-12H,3-9H2,1-2H3,(H,17,23)(H,20,21)/t10-,11+,12+/m1/s1. The molecule has 128 valence electrons.